The van der Waals surface area contributed by atoms with Crippen LogP contribution < -0.4 is 5.49 Å². The Bertz CT molecular complexity index is 432. The Kier molecular flexibility index (Phi) is 3.37. The van der Waals surface area contributed by atoms with Gasteiger partial charge in [0.1, 0.15) is 5.60 Å². The molecule has 0 spiro atoms. The minimum Gasteiger partial charge on any atom is -0.442 e. The lowest BCUT2D eigenvalue weighted by atomic mass is 10.2. The van der Waals surface area contributed by atoms with Crippen molar-refractivity contribution in [1.29, 1.82) is 0 Å². The second-order valence-electron chi connectivity index (χ2n) is 4.45. The fourth-order valence-corrected chi connectivity index (χ4v) is 1.11. The molecule has 0 unspecified atom stereocenters. The Morgan fingerprint density at radius 1 is 1.50 bits per heavy atom. The average Bonchev–Trinajstić information content (AvgIpc) is 2.08. The molecule has 1 rings (SSSR count). The van der Waals surface area contributed by atoms with Gasteiger partial charge >= 0.3 is 6.09 Å². The molecule has 1 amide bonds. The van der Waals surface area contributed by atoms with E-state index in [0.29, 0.717) is 5.56 Å². The minimum atomic E-state index is -0.718. The van der Waals surface area contributed by atoms with Crippen LogP contribution in [0.4, 0.5) is 4.79 Å². The van der Waals surface area contributed by atoms with Gasteiger partial charge in [0.2, 0.25) is 0 Å². The highest BCUT2D eigenvalue weighted by Gasteiger charge is 2.15. The first-order valence-corrected chi connectivity index (χ1v) is 4.95. The van der Waals surface area contributed by atoms with Gasteiger partial charge in [-0.2, -0.15) is 9.72 Å². The molecule has 0 atom stereocenters. The van der Waals surface area contributed by atoms with Crippen LogP contribution in [0, 0.1) is 6.92 Å². The number of rotatable bonds is 0. The second kappa shape index (κ2) is 4.38. The molecule has 0 saturated heterocycles. The molecule has 0 bridgehead atoms. The summed E-state index contributed by atoms with van der Waals surface area (Å²) in [5.41, 5.74) is 0.274. The Hall–Kier alpha value is -1.78. The molecule has 0 radical (unpaired) electrons. The molecule has 0 aliphatic carbocycles. The quantitative estimate of drug-likeness (QED) is 0.684. The van der Waals surface area contributed by atoms with Crippen molar-refractivity contribution in [3.8, 4) is 0 Å². The molecule has 16 heavy (non-hydrogen) atoms. The summed E-state index contributed by atoms with van der Waals surface area (Å²) >= 11 is 0. The number of ether oxygens (including phenoxy) is 1. The third-order valence-corrected chi connectivity index (χ3v) is 1.73. The number of pyridine rings is 1. The molecular weight excluding hydrogens is 208 g/mol. The number of hydrogen-bond donors (Lipinski definition) is 1. The van der Waals surface area contributed by atoms with Crippen LogP contribution in [0.15, 0.2) is 23.3 Å². The van der Waals surface area contributed by atoms with E-state index in [4.69, 9.17) is 4.74 Å². The molecule has 1 aromatic rings. The van der Waals surface area contributed by atoms with E-state index in [1.165, 1.54) is 6.20 Å². The van der Waals surface area contributed by atoms with E-state index >= 15 is 0 Å². The smallest absolute Gasteiger partial charge is 0.436 e. The van der Waals surface area contributed by atoms with E-state index in [9.17, 15) is 10.0 Å². The zero-order valence-electron chi connectivity index (χ0n) is 9.89. The lowest BCUT2D eigenvalue weighted by molar-refractivity contribution is 0.0586. The Labute approximate surface area is 94.0 Å². The molecule has 0 aliphatic heterocycles. The maximum Gasteiger partial charge on any atom is 0.436 e. The van der Waals surface area contributed by atoms with Crippen molar-refractivity contribution in [1.82, 2.24) is 4.73 Å². The van der Waals surface area contributed by atoms with Crippen molar-refractivity contribution in [3.05, 3.63) is 29.4 Å². The number of aromatic nitrogens is 1. The van der Waals surface area contributed by atoms with Crippen LogP contribution in [0.3, 0.4) is 0 Å². The Morgan fingerprint density at radius 3 is 2.62 bits per heavy atom. The normalized spacial score (nSPS) is 12.6. The number of amides is 1. The fourth-order valence-electron chi connectivity index (χ4n) is 1.11. The number of aryl methyl sites for hydroxylation is 1. The first kappa shape index (κ1) is 12.3. The molecule has 0 aliphatic rings. The van der Waals surface area contributed by atoms with Crippen molar-refractivity contribution in [2.75, 3.05) is 0 Å². The number of hydrogen-bond acceptors (Lipinski definition) is 3. The van der Waals surface area contributed by atoms with Crippen molar-refractivity contribution in [2.45, 2.75) is 33.3 Å². The molecule has 5 heteroatoms. The molecule has 1 N–H and O–H groups in total. The van der Waals surface area contributed by atoms with Gasteiger partial charge in [0.25, 0.3) is 0 Å². The van der Waals surface area contributed by atoms with Gasteiger partial charge < -0.3 is 9.94 Å². The standard InChI is InChI=1S/C11H16N2O3/c1-8-6-5-7-13(15)9(8)12-10(14)16-11(2,3)4/h5-7,15H,1-4H3. The van der Waals surface area contributed by atoms with E-state index in [2.05, 4.69) is 4.99 Å². The lowest BCUT2D eigenvalue weighted by Crippen LogP contribution is -2.27. The van der Waals surface area contributed by atoms with Gasteiger partial charge in [0.15, 0.2) is 5.49 Å². The summed E-state index contributed by atoms with van der Waals surface area (Å²) in [6, 6.07) is 3.40. The zero-order chi connectivity index (χ0) is 12.3. The molecule has 0 aromatic carbocycles. The van der Waals surface area contributed by atoms with Crippen molar-refractivity contribution >= 4 is 6.09 Å². The van der Waals surface area contributed by atoms with Gasteiger partial charge in [-0.3, -0.25) is 0 Å². The number of nitrogens with zero attached hydrogens (tertiary/aromatic N) is 2. The highest BCUT2D eigenvalue weighted by molar-refractivity contribution is 5.68. The second-order valence-corrected chi connectivity index (χ2v) is 4.45. The zero-order valence-corrected chi connectivity index (χ0v) is 9.89. The highest BCUT2D eigenvalue weighted by Crippen LogP contribution is 2.07. The first-order chi connectivity index (χ1) is 7.29. The van der Waals surface area contributed by atoms with Crippen LogP contribution in [-0.4, -0.2) is 21.6 Å². The predicted octanol–water partition coefficient (Wildman–Crippen LogP) is 1.87. The predicted molar refractivity (Wildman–Crippen MR) is 58.2 cm³/mol. The summed E-state index contributed by atoms with van der Waals surface area (Å²) in [5, 5.41) is 9.45. The van der Waals surface area contributed by atoms with Crippen molar-refractivity contribution < 1.29 is 14.7 Å². The third-order valence-electron chi connectivity index (χ3n) is 1.73. The maximum absolute atomic E-state index is 11.4. The summed E-state index contributed by atoms with van der Waals surface area (Å²) in [5.74, 6) is 0. The molecule has 1 aromatic heterocycles. The van der Waals surface area contributed by atoms with Gasteiger partial charge in [-0.05, 0) is 39.3 Å². The summed E-state index contributed by atoms with van der Waals surface area (Å²) in [7, 11) is 0. The van der Waals surface area contributed by atoms with Gasteiger partial charge in [-0.15, -0.1) is 0 Å². The Morgan fingerprint density at radius 2 is 2.12 bits per heavy atom. The summed E-state index contributed by atoms with van der Waals surface area (Å²) in [6.07, 6.45) is 0.681. The van der Waals surface area contributed by atoms with Crippen LogP contribution in [0.2, 0.25) is 0 Å². The van der Waals surface area contributed by atoms with Crippen molar-refractivity contribution in [2.24, 2.45) is 4.99 Å². The van der Waals surface area contributed by atoms with Crippen LogP contribution in [0.1, 0.15) is 26.3 Å². The average molecular weight is 224 g/mol. The third kappa shape index (κ3) is 3.42. The summed E-state index contributed by atoms with van der Waals surface area (Å²) < 4.78 is 5.81. The summed E-state index contributed by atoms with van der Waals surface area (Å²) in [6.45, 7) is 7.01. The van der Waals surface area contributed by atoms with E-state index in [-0.39, 0.29) is 5.49 Å². The molecular formula is C11H16N2O3. The van der Waals surface area contributed by atoms with E-state index in [1.54, 1.807) is 39.8 Å². The minimum absolute atomic E-state index is 0.178. The van der Waals surface area contributed by atoms with Crippen LogP contribution >= 0.6 is 0 Å². The molecule has 0 saturated carbocycles. The Balaban J connectivity index is 3.05. The lowest BCUT2D eigenvalue weighted by Gasteiger charge is -2.17. The first-order valence-electron chi connectivity index (χ1n) is 4.95. The van der Waals surface area contributed by atoms with Crippen molar-refractivity contribution in [3.63, 3.8) is 0 Å². The summed E-state index contributed by atoms with van der Waals surface area (Å²) in [4.78, 5) is 15.1. The molecule has 88 valence electrons. The molecule has 5 nitrogen and oxygen atoms in total. The topological polar surface area (TPSA) is 63.8 Å². The highest BCUT2D eigenvalue weighted by atomic mass is 16.6. The number of carbonyl (C=O) groups excluding carboxylic acids is 1. The fraction of sp³-hybridized carbons (Fsp3) is 0.455. The van der Waals surface area contributed by atoms with E-state index in [0.717, 1.165) is 4.73 Å². The number of carbonyl (C=O) groups is 1. The van der Waals surface area contributed by atoms with Crippen LogP contribution in [0.5, 0.6) is 0 Å². The van der Waals surface area contributed by atoms with Gasteiger partial charge in [0.05, 0.1) is 0 Å². The SMILES string of the molecule is Cc1cccn(O)c1=NC(=O)OC(C)(C)C. The largest absolute Gasteiger partial charge is 0.442 e. The van der Waals surface area contributed by atoms with E-state index < -0.39 is 11.7 Å². The van der Waals surface area contributed by atoms with Gasteiger partial charge in [0, 0.05) is 6.20 Å². The molecule has 1 heterocycles. The van der Waals surface area contributed by atoms with Gasteiger partial charge in [-0.25, -0.2) is 4.79 Å². The van der Waals surface area contributed by atoms with Gasteiger partial charge in [-0.1, -0.05) is 6.07 Å². The van der Waals surface area contributed by atoms with E-state index in [1.807, 2.05) is 0 Å². The van der Waals surface area contributed by atoms with Crippen LogP contribution in [0.25, 0.3) is 0 Å². The molecule has 0 fully saturated rings. The maximum atomic E-state index is 11.4. The van der Waals surface area contributed by atoms with Crippen LogP contribution in [-0.2, 0) is 4.74 Å². The monoisotopic (exact) mass is 224 g/mol.